The maximum atomic E-state index is 12.2. The lowest BCUT2D eigenvalue weighted by atomic mass is 9.99. The summed E-state index contributed by atoms with van der Waals surface area (Å²) in [5.74, 6) is 1.25. The van der Waals surface area contributed by atoms with E-state index in [9.17, 15) is 4.79 Å². The Hall–Kier alpha value is -3.56. The molecule has 0 aliphatic carbocycles. The minimum absolute atomic E-state index is 0.00470. The Morgan fingerprint density at radius 1 is 1.14 bits per heavy atom. The number of carbonyl (C=O) groups is 1. The van der Waals surface area contributed by atoms with Crippen molar-refractivity contribution >= 4 is 40.6 Å². The molecule has 232 valence electrons. The van der Waals surface area contributed by atoms with E-state index >= 15 is 0 Å². The minimum Gasteiger partial charge on any atom is -0.489 e. The third kappa shape index (κ3) is 9.73. The highest BCUT2D eigenvalue weighted by atomic mass is 35.5. The first kappa shape index (κ1) is 32.4. The molecule has 9 nitrogen and oxygen atoms in total. The molecule has 2 saturated heterocycles. The van der Waals surface area contributed by atoms with Crippen LogP contribution in [0.3, 0.4) is 0 Å². The van der Waals surface area contributed by atoms with Gasteiger partial charge in [0.25, 0.3) is 0 Å². The molecule has 3 heterocycles. The van der Waals surface area contributed by atoms with Crippen LogP contribution in [-0.2, 0) is 4.79 Å². The summed E-state index contributed by atoms with van der Waals surface area (Å²) in [6.07, 6.45) is 16.8. The van der Waals surface area contributed by atoms with E-state index < -0.39 is 0 Å². The monoisotopic (exact) mass is 607 g/mol. The van der Waals surface area contributed by atoms with Gasteiger partial charge in [-0.15, -0.1) is 0 Å². The first-order valence-electron chi connectivity index (χ1n) is 15.5. The Morgan fingerprint density at radius 2 is 1.91 bits per heavy atom. The molecule has 1 aromatic heterocycles. The zero-order valence-electron chi connectivity index (χ0n) is 25.9. The molecule has 10 heteroatoms. The predicted molar refractivity (Wildman–Crippen MR) is 178 cm³/mol. The summed E-state index contributed by atoms with van der Waals surface area (Å²) >= 11 is 6.45. The first-order chi connectivity index (χ1) is 20.9. The van der Waals surface area contributed by atoms with Crippen molar-refractivity contribution in [2.75, 3.05) is 48.3 Å². The third-order valence-electron chi connectivity index (χ3n) is 7.53. The van der Waals surface area contributed by atoms with Crippen LogP contribution < -0.4 is 25.6 Å². The highest BCUT2D eigenvalue weighted by Gasteiger charge is 2.26. The number of allylic oxidation sites excluding steroid dienone is 4. The molecule has 3 N–H and O–H groups in total. The fourth-order valence-electron chi connectivity index (χ4n) is 5.47. The molecule has 0 saturated carbocycles. The van der Waals surface area contributed by atoms with E-state index in [1.807, 2.05) is 52.0 Å². The zero-order chi connectivity index (χ0) is 30.6. The van der Waals surface area contributed by atoms with Crippen LogP contribution in [0.1, 0.15) is 59.8 Å². The Bertz CT molecular complexity index is 1300. The van der Waals surface area contributed by atoms with Gasteiger partial charge in [0.2, 0.25) is 11.9 Å². The number of carbonyl (C=O) groups excluding carboxylic acids is 1. The number of halogens is 1. The zero-order valence-corrected chi connectivity index (χ0v) is 26.7. The van der Waals surface area contributed by atoms with Crippen molar-refractivity contribution in [2.24, 2.45) is 0 Å². The fourth-order valence-corrected chi connectivity index (χ4v) is 5.61. The number of likely N-dealkylation sites (tertiary alicyclic amines) is 1. The molecule has 2 aliphatic rings. The van der Waals surface area contributed by atoms with Crippen LogP contribution in [0.2, 0.25) is 5.02 Å². The van der Waals surface area contributed by atoms with Crippen molar-refractivity contribution < 1.29 is 9.53 Å². The second kappa shape index (κ2) is 16.3. The normalized spacial score (nSPS) is 17.2. The third-order valence-corrected chi connectivity index (χ3v) is 7.81. The summed E-state index contributed by atoms with van der Waals surface area (Å²) in [4.78, 5) is 26.4. The first-order valence-corrected chi connectivity index (χ1v) is 15.9. The van der Waals surface area contributed by atoms with Gasteiger partial charge in [-0.25, -0.2) is 4.98 Å². The summed E-state index contributed by atoms with van der Waals surface area (Å²) in [6, 6.07) is 6.96. The van der Waals surface area contributed by atoms with Crippen molar-refractivity contribution in [1.82, 2.24) is 20.2 Å². The smallest absolute Gasteiger partial charge is 0.246 e. The van der Waals surface area contributed by atoms with Crippen molar-refractivity contribution in [3.63, 3.8) is 0 Å². The molecule has 0 radical (unpaired) electrons. The van der Waals surface area contributed by atoms with Gasteiger partial charge in [-0.2, -0.15) is 4.98 Å². The summed E-state index contributed by atoms with van der Waals surface area (Å²) in [6.45, 7) is 12.9. The Morgan fingerprint density at radius 3 is 2.60 bits per heavy atom. The fraction of sp³-hybridized carbons (Fsp3) is 0.485. The number of nitrogens with zero attached hydrogens (tertiary/aromatic N) is 4. The van der Waals surface area contributed by atoms with Crippen LogP contribution in [0.5, 0.6) is 5.75 Å². The molecule has 43 heavy (non-hydrogen) atoms. The lowest BCUT2D eigenvalue weighted by molar-refractivity contribution is -0.116. The van der Waals surface area contributed by atoms with Crippen LogP contribution in [0.25, 0.3) is 0 Å². The average molecular weight is 608 g/mol. The van der Waals surface area contributed by atoms with E-state index in [0.717, 1.165) is 30.2 Å². The number of aromatic nitrogens is 2. The minimum atomic E-state index is -0.218. The molecule has 0 spiro atoms. The van der Waals surface area contributed by atoms with Crippen molar-refractivity contribution in [3.8, 4) is 5.75 Å². The number of piperidine rings is 2. The molecule has 1 aromatic carbocycles. The maximum absolute atomic E-state index is 12.2. The summed E-state index contributed by atoms with van der Waals surface area (Å²) < 4.78 is 6.24. The Kier molecular flexibility index (Phi) is 12.3. The number of benzene rings is 1. The molecule has 2 aliphatic heterocycles. The molecule has 0 unspecified atom stereocenters. The van der Waals surface area contributed by atoms with Gasteiger partial charge in [0.15, 0.2) is 5.82 Å². The van der Waals surface area contributed by atoms with Crippen molar-refractivity contribution in [1.29, 1.82) is 0 Å². The van der Waals surface area contributed by atoms with E-state index in [1.54, 1.807) is 6.08 Å². The predicted octanol–water partition coefficient (Wildman–Crippen LogP) is 6.68. The number of likely N-dealkylation sites (N-methyl/N-ethyl adjacent to an activating group) is 1. The van der Waals surface area contributed by atoms with Crippen LogP contribution in [0.15, 0.2) is 60.5 Å². The van der Waals surface area contributed by atoms with E-state index in [-0.39, 0.29) is 12.0 Å². The standard InChI is InChI=1S/C33H46ClN7O2/c1-5-7-9-12-25(21-31(42)35-6-2)37-32-28(34)23-36-33(39-32)38-29-14-13-27(22-30(29)43-24(3)4)41-19-15-26(16-20-41)40-17-10-8-11-18-40/h5,7,9,12-14,21-24,26H,6,8,10-11,15-20H2,1-4H3,(H,35,42)(H2,36,37,38,39)/b7-5-,12-9-,25-21-. The van der Waals surface area contributed by atoms with Gasteiger partial charge in [0.05, 0.1) is 18.0 Å². The van der Waals surface area contributed by atoms with E-state index in [1.165, 1.54) is 57.5 Å². The van der Waals surface area contributed by atoms with Crippen molar-refractivity contribution in [3.05, 3.63) is 65.5 Å². The molecule has 1 amide bonds. The summed E-state index contributed by atoms with van der Waals surface area (Å²) in [7, 11) is 0. The average Bonchev–Trinajstić information content (AvgIpc) is 3.00. The van der Waals surface area contributed by atoms with Gasteiger partial charge in [-0.3, -0.25) is 4.79 Å². The van der Waals surface area contributed by atoms with Crippen LogP contribution in [0.4, 0.5) is 23.1 Å². The number of hydrogen-bond acceptors (Lipinski definition) is 8. The van der Waals surface area contributed by atoms with Gasteiger partial charge in [0, 0.05) is 49.2 Å². The molecular formula is C33H46ClN7O2. The van der Waals surface area contributed by atoms with Crippen LogP contribution >= 0.6 is 11.6 Å². The van der Waals surface area contributed by atoms with E-state index in [4.69, 9.17) is 16.3 Å². The Balaban J connectivity index is 1.50. The van der Waals surface area contributed by atoms with E-state index in [2.05, 4.69) is 47.9 Å². The number of hydrogen-bond donors (Lipinski definition) is 3. The lowest BCUT2D eigenvalue weighted by Gasteiger charge is -2.41. The number of anilines is 4. The van der Waals surface area contributed by atoms with Gasteiger partial charge < -0.3 is 30.5 Å². The number of rotatable bonds is 12. The highest BCUT2D eigenvalue weighted by molar-refractivity contribution is 6.32. The van der Waals surface area contributed by atoms with Crippen molar-refractivity contribution in [2.45, 2.75) is 71.9 Å². The quantitative estimate of drug-likeness (QED) is 0.182. The molecule has 0 atom stereocenters. The van der Waals surface area contributed by atoms with Crippen LogP contribution in [-0.4, -0.2) is 65.6 Å². The number of amides is 1. The topological polar surface area (TPSA) is 94.6 Å². The number of ether oxygens (including phenoxy) is 1. The lowest BCUT2D eigenvalue weighted by Crippen LogP contribution is -2.46. The largest absolute Gasteiger partial charge is 0.489 e. The van der Waals surface area contributed by atoms with Crippen LogP contribution in [0, 0.1) is 0 Å². The van der Waals surface area contributed by atoms with Gasteiger partial charge in [0.1, 0.15) is 10.8 Å². The summed E-state index contributed by atoms with van der Waals surface area (Å²) in [5.41, 5.74) is 2.46. The van der Waals surface area contributed by atoms with Gasteiger partial charge >= 0.3 is 0 Å². The van der Waals surface area contributed by atoms with Gasteiger partial charge in [-0.05, 0) is 84.7 Å². The highest BCUT2D eigenvalue weighted by Crippen LogP contribution is 2.34. The van der Waals surface area contributed by atoms with Gasteiger partial charge in [-0.1, -0.05) is 36.2 Å². The van der Waals surface area contributed by atoms with E-state index in [0.29, 0.717) is 35.1 Å². The number of nitrogens with one attached hydrogen (secondary N) is 3. The second-order valence-corrected chi connectivity index (χ2v) is 11.6. The molecular weight excluding hydrogens is 562 g/mol. The molecule has 2 aromatic rings. The SMILES string of the molecule is C\C=C/C=C\C(=C\C(=O)NCC)Nc1nc(Nc2ccc(N3CCC(N4CCCCC4)CC3)cc2OC(C)C)ncc1Cl. The molecule has 2 fully saturated rings. The molecule has 4 rings (SSSR count). The Labute approximate surface area is 261 Å². The summed E-state index contributed by atoms with van der Waals surface area (Å²) in [5, 5.41) is 9.58. The maximum Gasteiger partial charge on any atom is 0.246 e. The molecule has 0 bridgehead atoms. The second-order valence-electron chi connectivity index (χ2n) is 11.2.